The van der Waals surface area contributed by atoms with Crippen molar-refractivity contribution in [1.82, 2.24) is 9.55 Å². The molecule has 1 aromatic heterocycles. The molecular weight excluding hydrogens is 356 g/mol. The molecule has 0 spiro atoms. The van der Waals surface area contributed by atoms with E-state index in [-0.39, 0.29) is 5.56 Å². The molecule has 21 heavy (non-hydrogen) atoms. The number of carbonyl (C=O) groups is 1. The van der Waals surface area contributed by atoms with Gasteiger partial charge in [-0.3, -0.25) is 4.57 Å². The minimum Gasteiger partial charge on any atom is -0.478 e. The van der Waals surface area contributed by atoms with E-state index in [1.165, 1.54) is 0 Å². The van der Waals surface area contributed by atoms with Crippen LogP contribution in [0.25, 0.3) is 16.7 Å². The Morgan fingerprint density at radius 3 is 2.76 bits per heavy atom. The minimum absolute atomic E-state index is 0.192. The highest BCUT2D eigenvalue weighted by Gasteiger charge is 2.16. The first-order valence-electron chi connectivity index (χ1n) is 6.16. The van der Waals surface area contributed by atoms with E-state index >= 15 is 0 Å². The number of nitrogens with zero attached hydrogens (tertiary/aromatic N) is 2. The van der Waals surface area contributed by atoms with Crippen LogP contribution in [0.4, 0.5) is 0 Å². The zero-order valence-electron chi connectivity index (χ0n) is 11.0. The van der Waals surface area contributed by atoms with Gasteiger partial charge in [-0.05, 0) is 53.2 Å². The van der Waals surface area contributed by atoms with Crippen molar-refractivity contribution in [3.05, 3.63) is 57.3 Å². The van der Waals surface area contributed by atoms with Crippen molar-refractivity contribution in [3.63, 3.8) is 0 Å². The maximum absolute atomic E-state index is 11.3. The van der Waals surface area contributed by atoms with Gasteiger partial charge in [0.1, 0.15) is 11.3 Å². The number of para-hydroxylation sites is 1. The fourth-order valence-corrected chi connectivity index (χ4v) is 2.76. The first-order chi connectivity index (χ1) is 9.99. The molecule has 106 valence electrons. The van der Waals surface area contributed by atoms with Gasteiger partial charge in [0.15, 0.2) is 0 Å². The van der Waals surface area contributed by atoms with Gasteiger partial charge >= 0.3 is 5.97 Å². The van der Waals surface area contributed by atoms with Crippen LogP contribution in [0.5, 0.6) is 0 Å². The van der Waals surface area contributed by atoms with E-state index in [0.29, 0.717) is 16.4 Å². The van der Waals surface area contributed by atoms with Crippen LogP contribution in [0.15, 0.2) is 40.9 Å². The van der Waals surface area contributed by atoms with Crippen LogP contribution in [0.2, 0.25) is 5.02 Å². The number of aryl methyl sites for hydroxylation is 1. The van der Waals surface area contributed by atoms with Crippen molar-refractivity contribution in [2.45, 2.75) is 6.92 Å². The lowest BCUT2D eigenvalue weighted by molar-refractivity contribution is 0.0699. The molecule has 0 aliphatic heterocycles. The van der Waals surface area contributed by atoms with Crippen LogP contribution < -0.4 is 0 Å². The molecule has 0 aliphatic rings. The smallest absolute Gasteiger partial charge is 0.337 e. The number of rotatable bonds is 2. The number of halogens is 2. The van der Waals surface area contributed by atoms with Crippen molar-refractivity contribution in [3.8, 4) is 5.69 Å². The Morgan fingerprint density at radius 1 is 1.33 bits per heavy atom. The predicted octanol–water partition coefficient (Wildman–Crippen LogP) is 4.45. The van der Waals surface area contributed by atoms with Gasteiger partial charge < -0.3 is 5.11 Å². The van der Waals surface area contributed by atoms with Gasteiger partial charge in [-0.15, -0.1) is 0 Å². The quantitative estimate of drug-likeness (QED) is 0.730. The topological polar surface area (TPSA) is 55.1 Å². The maximum Gasteiger partial charge on any atom is 0.337 e. The van der Waals surface area contributed by atoms with E-state index in [0.717, 1.165) is 15.7 Å². The Kier molecular flexibility index (Phi) is 3.47. The minimum atomic E-state index is -0.987. The Bertz CT molecular complexity index is 873. The lowest BCUT2D eigenvalue weighted by atomic mass is 10.2. The molecule has 0 atom stereocenters. The first-order valence-corrected chi connectivity index (χ1v) is 7.33. The normalized spacial score (nSPS) is 11.0. The third-order valence-electron chi connectivity index (χ3n) is 3.24. The predicted molar refractivity (Wildman–Crippen MR) is 85.5 cm³/mol. The third kappa shape index (κ3) is 2.32. The molecule has 4 nitrogen and oxygen atoms in total. The van der Waals surface area contributed by atoms with Crippen molar-refractivity contribution in [1.29, 1.82) is 0 Å². The molecule has 0 amide bonds. The molecule has 6 heteroatoms. The van der Waals surface area contributed by atoms with Crippen molar-refractivity contribution < 1.29 is 9.90 Å². The number of carboxylic acids is 1. The SMILES string of the molecule is Cc1nc2c(C(=O)O)cccc2n1-c1ccc(Br)c(Cl)c1. The second-order valence-corrected chi connectivity index (χ2v) is 5.83. The molecule has 0 bridgehead atoms. The number of hydrogen-bond donors (Lipinski definition) is 1. The summed E-state index contributed by atoms with van der Waals surface area (Å²) >= 11 is 9.50. The summed E-state index contributed by atoms with van der Waals surface area (Å²) in [7, 11) is 0. The summed E-state index contributed by atoms with van der Waals surface area (Å²) in [6.07, 6.45) is 0. The molecule has 2 aromatic carbocycles. The zero-order valence-corrected chi connectivity index (χ0v) is 13.3. The molecule has 0 unspecified atom stereocenters. The number of carboxylic acid groups (broad SMARTS) is 1. The molecule has 0 radical (unpaired) electrons. The zero-order chi connectivity index (χ0) is 15.1. The highest BCUT2D eigenvalue weighted by atomic mass is 79.9. The molecule has 0 saturated heterocycles. The number of aromatic carboxylic acids is 1. The fourth-order valence-electron chi connectivity index (χ4n) is 2.34. The average Bonchev–Trinajstić information content (AvgIpc) is 2.77. The Morgan fingerprint density at radius 2 is 2.10 bits per heavy atom. The van der Waals surface area contributed by atoms with Gasteiger partial charge in [-0.2, -0.15) is 0 Å². The molecule has 0 fully saturated rings. The Balaban J connectivity index is 2.32. The number of benzene rings is 2. The van der Waals surface area contributed by atoms with Gasteiger partial charge in [0.2, 0.25) is 0 Å². The van der Waals surface area contributed by atoms with Gasteiger partial charge in [0, 0.05) is 10.2 Å². The average molecular weight is 366 g/mol. The Hall–Kier alpha value is -1.85. The molecule has 1 N–H and O–H groups in total. The lowest BCUT2D eigenvalue weighted by Gasteiger charge is -2.08. The van der Waals surface area contributed by atoms with Crippen molar-refractivity contribution in [2.75, 3.05) is 0 Å². The van der Waals surface area contributed by atoms with Crippen LogP contribution >= 0.6 is 27.5 Å². The van der Waals surface area contributed by atoms with Gasteiger partial charge in [-0.1, -0.05) is 17.7 Å². The first kappa shape index (κ1) is 14.1. The van der Waals surface area contributed by atoms with Crippen molar-refractivity contribution in [2.24, 2.45) is 0 Å². The van der Waals surface area contributed by atoms with Crippen LogP contribution in [0.1, 0.15) is 16.2 Å². The molecule has 3 aromatic rings. The number of imidazole rings is 1. The molecule has 0 aliphatic carbocycles. The maximum atomic E-state index is 11.3. The summed E-state index contributed by atoms with van der Waals surface area (Å²) in [4.78, 5) is 15.7. The second kappa shape index (κ2) is 5.16. The summed E-state index contributed by atoms with van der Waals surface area (Å²) in [5, 5.41) is 9.84. The number of hydrogen-bond acceptors (Lipinski definition) is 2. The lowest BCUT2D eigenvalue weighted by Crippen LogP contribution is -1.98. The van der Waals surface area contributed by atoms with Crippen LogP contribution in [-0.4, -0.2) is 20.6 Å². The number of fused-ring (bicyclic) bond motifs is 1. The third-order valence-corrected chi connectivity index (χ3v) is 4.48. The molecular formula is C15H10BrClN2O2. The summed E-state index contributed by atoms with van der Waals surface area (Å²) in [6, 6.07) is 10.7. The number of aromatic nitrogens is 2. The highest BCUT2D eigenvalue weighted by molar-refractivity contribution is 9.10. The van der Waals surface area contributed by atoms with Gasteiger partial charge in [0.05, 0.1) is 16.1 Å². The van der Waals surface area contributed by atoms with E-state index < -0.39 is 5.97 Å². The summed E-state index contributed by atoms with van der Waals surface area (Å²) in [5.41, 5.74) is 2.25. The standard InChI is InChI=1S/C15H10BrClN2O2/c1-8-18-14-10(15(20)21)3-2-4-13(14)19(8)9-5-6-11(16)12(17)7-9/h2-7H,1H3,(H,20,21). The van der Waals surface area contributed by atoms with E-state index in [9.17, 15) is 9.90 Å². The summed E-state index contributed by atoms with van der Waals surface area (Å²) < 4.78 is 2.70. The molecule has 3 rings (SSSR count). The van der Waals surface area contributed by atoms with E-state index in [1.807, 2.05) is 35.8 Å². The van der Waals surface area contributed by atoms with Crippen LogP contribution in [0, 0.1) is 6.92 Å². The second-order valence-electron chi connectivity index (χ2n) is 4.57. The van der Waals surface area contributed by atoms with E-state index in [2.05, 4.69) is 20.9 Å². The van der Waals surface area contributed by atoms with Gasteiger partial charge in [-0.25, -0.2) is 9.78 Å². The van der Waals surface area contributed by atoms with E-state index in [4.69, 9.17) is 11.6 Å². The molecule has 1 heterocycles. The monoisotopic (exact) mass is 364 g/mol. The van der Waals surface area contributed by atoms with Gasteiger partial charge in [0.25, 0.3) is 0 Å². The summed E-state index contributed by atoms with van der Waals surface area (Å²) in [5.74, 6) is -0.281. The fraction of sp³-hybridized carbons (Fsp3) is 0.0667. The molecule has 0 saturated carbocycles. The largest absolute Gasteiger partial charge is 0.478 e. The highest BCUT2D eigenvalue weighted by Crippen LogP contribution is 2.29. The van der Waals surface area contributed by atoms with Crippen molar-refractivity contribution >= 4 is 44.5 Å². The Labute approximate surface area is 134 Å². The summed E-state index contributed by atoms with van der Waals surface area (Å²) in [6.45, 7) is 1.83. The van der Waals surface area contributed by atoms with Crippen LogP contribution in [0.3, 0.4) is 0 Å². The van der Waals surface area contributed by atoms with E-state index in [1.54, 1.807) is 12.1 Å². The van der Waals surface area contributed by atoms with Crippen LogP contribution in [-0.2, 0) is 0 Å².